The first-order valence-electron chi connectivity index (χ1n) is 9.85. The second-order valence-corrected chi connectivity index (χ2v) is 8.50. The van der Waals surface area contributed by atoms with Crippen LogP contribution in [0.25, 0.3) is 0 Å². The summed E-state index contributed by atoms with van der Waals surface area (Å²) in [6, 6.07) is 10.7. The molecule has 1 aliphatic heterocycles. The van der Waals surface area contributed by atoms with Crippen LogP contribution in [0.3, 0.4) is 0 Å². The van der Waals surface area contributed by atoms with Crippen LogP contribution in [0.15, 0.2) is 30.3 Å². The lowest BCUT2D eigenvalue weighted by atomic mass is 9.79. The molecule has 0 aromatic heterocycles. The normalized spacial score (nSPS) is 31.2. The van der Waals surface area contributed by atoms with Gasteiger partial charge in [0.1, 0.15) is 0 Å². The van der Waals surface area contributed by atoms with Crippen molar-refractivity contribution in [2.75, 3.05) is 13.1 Å². The van der Waals surface area contributed by atoms with Crippen molar-refractivity contribution in [1.29, 1.82) is 0 Å². The van der Waals surface area contributed by atoms with Gasteiger partial charge in [0.05, 0.1) is 0 Å². The summed E-state index contributed by atoms with van der Waals surface area (Å²) in [7, 11) is 0. The minimum absolute atomic E-state index is 0.0453. The molecule has 25 heavy (non-hydrogen) atoms. The number of rotatable bonds is 5. The van der Waals surface area contributed by atoms with Gasteiger partial charge in [-0.25, -0.2) is 0 Å². The lowest BCUT2D eigenvalue weighted by molar-refractivity contribution is -0.158. The van der Waals surface area contributed by atoms with Crippen molar-refractivity contribution < 1.29 is 9.90 Å². The Balaban J connectivity index is 1.52. The number of nitrogens with zero attached hydrogens (tertiary/aromatic N) is 1. The lowest BCUT2D eigenvalue weighted by Gasteiger charge is -2.37. The zero-order valence-electron chi connectivity index (χ0n) is 15.3. The molecule has 2 aliphatic carbocycles. The summed E-state index contributed by atoms with van der Waals surface area (Å²) in [6.07, 6.45) is 4.10. The number of hydrogen-bond donors (Lipinski definition) is 2. The van der Waals surface area contributed by atoms with Crippen molar-refractivity contribution in [2.24, 2.45) is 17.8 Å². The Morgan fingerprint density at radius 2 is 1.76 bits per heavy atom. The van der Waals surface area contributed by atoms with Gasteiger partial charge >= 0.3 is 0 Å². The summed E-state index contributed by atoms with van der Waals surface area (Å²) in [5, 5.41) is 15.2. The first-order valence-corrected chi connectivity index (χ1v) is 9.85. The molecule has 4 nitrogen and oxygen atoms in total. The van der Waals surface area contributed by atoms with E-state index in [4.69, 9.17) is 0 Å². The fourth-order valence-electron chi connectivity index (χ4n) is 5.14. The fourth-order valence-corrected chi connectivity index (χ4v) is 5.14. The second kappa shape index (κ2) is 6.40. The highest BCUT2D eigenvalue weighted by Crippen LogP contribution is 2.48. The van der Waals surface area contributed by atoms with Gasteiger partial charge in [0.15, 0.2) is 5.60 Å². The number of piperidine rings is 1. The van der Waals surface area contributed by atoms with E-state index in [-0.39, 0.29) is 11.8 Å². The first kappa shape index (κ1) is 17.0. The molecule has 3 unspecified atom stereocenters. The molecule has 4 rings (SSSR count). The van der Waals surface area contributed by atoms with Crippen LogP contribution in [0.4, 0.5) is 0 Å². The van der Waals surface area contributed by atoms with Gasteiger partial charge in [-0.2, -0.15) is 0 Å². The molecule has 3 aliphatic rings. The summed E-state index contributed by atoms with van der Waals surface area (Å²) < 4.78 is 0. The molecule has 3 fully saturated rings. The molecule has 136 valence electrons. The Labute approximate surface area is 150 Å². The van der Waals surface area contributed by atoms with E-state index < -0.39 is 5.60 Å². The van der Waals surface area contributed by atoms with E-state index in [1.807, 2.05) is 35.2 Å². The number of hydrogen-bond acceptors (Lipinski definition) is 3. The standard InChI is InChI=1S/C21H30N2O2/c1-14(2)22-19-17-12-23(13-18(17)19)20(24)21(25,16-10-6-7-11-16)15-8-4-3-5-9-15/h3-5,8-9,14,16-19,22,25H,6-7,10-13H2,1-2H3. The third-order valence-electron chi connectivity index (χ3n) is 6.49. The van der Waals surface area contributed by atoms with Gasteiger partial charge in [-0.05, 0) is 30.2 Å². The zero-order valence-corrected chi connectivity index (χ0v) is 15.3. The molecular formula is C21H30N2O2. The van der Waals surface area contributed by atoms with E-state index in [0.29, 0.717) is 23.9 Å². The molecule has 3 atom stereocenters. The highest BCUT2D eigenvalue weighted by atomic mass is 16.3. The van der Waals surface area contributed by atoms with Crippen molar-refractivity contribution in [3.63, 3.8) is 0 Å². The molecule has 1 aromatic rings. The van der Waals surface area contributed by atoms with Gasteiger partial charge in [-0.1, -0.05) is 57.0 Å². The van der Waals surface area contributed by atoms with Gasteiger partial charge in [0.2, 0.25) is 0 Å². The number of fused-ring (bicyclic) bond motifs is 1. The van der Waals surface area contributed by atoms with Crippen molar-refractivity contribution in [3.8, 4) is 0 Å². The van der Waals surface area contributed by atoms with E-state index in [1.54, 1.807) is 0 Å². The Hall–Kier alpha value is -1.39. The molecule has 1 aromatic carbocycles. The van der Waals surface area contributed by atoms with Gasteiger partial charge < -0.3 is 15.3 Å². The zero-order chi connectivity index (χ0) is 17.6. The molecule has 0 bridgehead atoms. The van der Waals surface area contributed by atoms with Crippen LogP contribution in [0.2, 0.25) is 0 Å². The van der Waals surface area contributed by atoms with Crippen LogP contribution < -0.4 is 5.32 Å². The second-order valence-electron chi connectivity index (χ2n) is 8.50. The van der Waals surface area contributed by atoms with Crippen molar-refractivity contribution >= 4 is 5.91 Å². The van der Waals surface area contributed by atoms with E-state index in [9.17, 15) is 9.90 Å². The molecule has 2 saturated carbocycles. The van der Waals surface area contributed by atoms with E-state index in [1.165, 1.54) is 0 Å². The van der Waals surface area contributed by atoms with Crippen LogP contribution in [-0.2, 0) is 10.4 Å². The van der Waals surface area contributed by atoms with Gasteiger partial charge in [0.25, 0.3) is 5.91 Å². The topological polar surface area (TPSA) is 52.6 Å². The van der Waals surface area contributed by atoms with Crippen LogP contribution in [-0.4, -0.2) is 41.1 Å². The van der Waals surface area contributed by atoms with E-state index in [2.05, 4.69) is 19.2 Å². The Bertz CT molecular complexity index is 614. The maximum absolute atomic E-state index is 13.4. The predicted octanol–water partition coefficient (Wildman–Crippen LogP) is 2.52. The summed E-state index contributed by atoms with van der Waals surface area (Å²) in [5.41, 5.74) is -0.584. The number of carbonyl (C=O) groups is 1. The molecule has 0 spiro atoms. The monoisotopic (exact) mass is 342 g/mol. The number of amides is 1. The predicted molar refractivity (Wildman–Crippen MR) is 97.9 cm³/mol. The Morgan fingerprint density at radius 1 is 1.16 bits per heavy atom. The maximum atomic E-state index is 13.4. The van der Waals surface area contributed by atoms with Crippen LogP contribution >= 0.6 is 0 Å². The van der Waals surface area contributed by atoms with Crippen LogP contribution in [0.5, 0.6) is 0 Å². The van der Waals surface area contributed by atoms with E-state index in [0.717, 1.165) is 44.3 Å². The third-order valence-corrected chi connectivity index (χ3v) is 6.49. The van der Waals surface area contributed by atoms with Gasteiger partial charge in [0, 0.05) is 31.1 Å². The highest BCUT2D eigenvalue weighted by Gasteiger charge is 2.59. The summed E-state index contributed by atoms with van der Waals surface area (Å²) in [6.45, 7) is 5.92. The number of nitrogens with one attached hydrogen (secondary N) is 1. The molecule has 1 saturated heterocycles. The largest absolute Gasteiger partial charge is 0.375 e. The number of carbonyl (C=O) groups excluding carboxylic acids is 1. The molecule has 1 amide bonds. The first-order chi connectivity index (χ1) is 12.0. The van der Waals surface area contributed by atoms with Crippen molar-refractivity contribution in [2.45, 2.75) is 57.2 Å². The average Bonchev–Trinajstić information content (AvgIpc) is 3.08. The molecular weight excluding hydrogens is 312 g/mol. The SMILES string of the molecule is CC(C)NC1C2CN(C(=O)C(O)(c3ccccc3)C3CCCC3)CC21. The maximum Gasteiger partial charge on any atom is 0.259 e. The van der Waals surface area contributed by atoms with Gasteiger partial charge in [-0.15, -0.1) is 0 Å². The summed E-state index contributed by atoms with van der Waals surface area (Å²) in [4.78, 5) is 15.3. The molecule has 2 N–H and O–H groups in total. The van der Waals surface area contributed by atoms with Crippen LogP contribution in [0, 0.1) is 17.8 Å². The third kappa shape index (κ3) is 2.89. The molecule has 4 heteroatoms. The number of aliphatic hydroxyl groups is 1. The fraction of sp³-hybridized carbons (Fsp3) is 0.667. The van der Waals surface area contributed by atoms with Crippen molar-refractivity contribution in [1.82, 2.24) is 10.2 Å². The van der Waals surface area contributed by atoms with Crippen molar-refractivity contribution in [3.05, 3.63) is 35.9 Å². The molecule has 1 heterocycles. The summed E-state index contributed by atoms with van der Waals surface area (Å²) >= 11 is 0. The highest BCUT2D eigenvalue weighted by molar-refractivity contribution is 5.87. The lowest BCUT2D eigenvalue weighted by Crippen LogP contribution is -2.51. The number of likely N-dealkylation sites (tertiary alicyclic amines) is 1. The van der Waals surface area contributed by atoms with E-state index >= 15 is 0 Å². The Kier molecular flexibility index (Phi) is 4.37. The quantitative estimate of drug-likeness (QED) is 0.864. The minimum Gasteiger partial charge on any atom is -0.375 e. The average molecular weight is 342 g/mol. The molecule has 0 radical (unpaired) electrons. The number of benzene rings is 1. The van der Waals surface area contributed by atoms with Crippen LogP contribution in [0.1, 0.15) is 45.1 Å². The van der Waals surface area contributed by atoms with Gasteiger partial charge in [-0.3, -0.25) is 4.79 Å². The minimum atomic E-state index is -1.35. The Morgan fingerprint density at radius 3 is 2.32 bits per heavy atom. The summed E-state index contributed by atoms with van der Waals surface area (Å²) in [5.74, 6) is 1.11. The smallest absolute Gasteiger partial charge is 0.259 e.